The van der Waals surface area contributed by atoms with E-state index in [2.05, 4.69) is 5.32 Å². The van der Waals surface area contributed by atoms with Gasteiger partial charge in [0.2, 0.25) is 21.8 Å². The van der Waals surface area contributed by atoms with Gasteiger partial charge >= 0.3 is 0 Å². The quantitative estimate of drug-likeness (QED) is 0.478. The summed E-state index contributed by atoms with van der Waals surface area (Å²) in [6.45, 7) is 7.87. The minimum Gasteiger partial charge on any atom is -0.497 e. The molecule has 8 nitrogen and oxygen atoms in total. The topological polar surface area (TPSA) is 96.0 Å². The zero-order valence-electron chi connectivity index (χ0n) is 21.4. The molecule has 0 saturated carbocycles. The molecule has 0 unspecified atom stereocenters. The zero-order chi connectivity index (χ0) is 26.2. The first-order valence-corrected chi connectivity index (χ1v) is 13.5. The van der Waals surface area contributed by atoms with Crippen LogP contribution >= 0.6 is 0 Å². The van der Waals surface area contributed by atoms with Crippen molar-refractivity contribution >= 4 is 27.5 Å². The molecular formula is C26H37N3O5S. The Morgan fingerprint density at radius 3 is 2.26 bits per heavy atom. The average molecular weight is 504 g/mol. The van der Waals surface area contributed by atoms with Gasteiger partial charge < -0.3 is 15.0 Å². The number of carbonyl (C=O) groups is 2. The number of anilines is 1. The SMILES string of the molecule is COc1ccc(N(CCCC(=O)N(Cc2cccc(C)c2)[C@H](C)C(=O)NC(C)C)S(C)(=O)=O)cc1. The van der Waals surface area contributed by atoms with Gasteiger partial charge in [-0.05, 0) is 63.9 Å². The number of methoxy groups -OCH3 is 1. The van der Waals surface area contributed by atoms with Crippen LogP contribution in [0.15, 0.2) is 48.5 Å². The third-order valence-corrected chi connectivity index (χ3v) is 6.74. The van der Waals surface area contributed by atoms with Crippen molar-refractivity contribution in [2.75, 3.05) is 24.2 Å². The third-order valence-electron chi connectivity index (χ3n) is 5.55. The van der Waals surface area contributed by atoms with E-state index in [0.29, 0.717) is 24.4 Å². The molecule has 2 aromatic rings. The van der Waals surface area contributed by atoms with Gasteiger partial charge in [0.1, 0.15) is 11.8 Å². The van der Waals surface area contributed by atoms with Crippen LogP contribution in [0.4, 0.5) is 5.69 Å². The van der Waals surface area contributed by atoms with Crippen molar-refractivity contribution in [1.29, 1.82) is 0 Å². The van der Waals surface area contributed by atoms with Crippen molar-refractivity contribution in [2.45, 2.75) is 59.2 Å². The first-order chi connectivity index (χ1) is 16.4. The van der Waals surface area contributed by atoms with E-state index in [1.54, 1.807) is 43.2 Å². The van der Waals surface area contributed by atoms with E-state index >= 15 is 0 Å². The van der Waals surface area contributed by atoms with Gasteiger partial charge in [-0.2, -0.15) is 0 Å². The van der Waals surface area contributed by atoms with Gasteiger partial charge in [-0.3, -0.25) is 13.9 Å². The Kier molecular flexibility index (Phi) is 10.1. The van der Waals surface area contributed by atoms with Crippen LogP contribution in [0.5, 0.6) is 5.75 Å². The smallest absolute Gasteiger partial charge is 0.242 e. The van der Waals surface area contributed by atoms with E-state index in [1.165, 1.54) is 4.31 Å². The Balaban J connectivity index is 2.16. The number of ether oxygens (including phenoxy) is 1. The molecule has 1 atom stereocenters. The predicted octanol–water partition coefficient (Wildman–Crippen LogP) is 3.49. The molecule has 0 spiro atoms. The Hall–Kier alpha value is -3.07. The first kappa shape index (κ1) is 28.2. The van der Waals surface area contributed by atoms with Gasteiger partial charge in [-0.25, -0.2) is 8.42 Å². The molecule has 2 rings (SSSR count). The maximum atomic E-state index is 13.3. The van der Waals surface area contributed by atoms with Gasteiger partial charge in [0.05, 0.1) is 19.1 Å². The molecule has 0 bridgehead atoms. The van der Waals surface area contributed by atoms with E-state index in [1.807, 2.05) is 45.0 Å². The largest absolute Gasteiger partial charge is 0.497 e. The number of sulfonamides is 1. The number of carbonyl (C=O) groups excluding carboxylic acids is 2. The van der Waals surface area contributed by atoms with Crippen molar-refractivity contribution < 1.29 is 22.7 Å². The summed E-state index contributed by atoms with van der Waals surface area (Å²) in [5, 5.41) is 2.87. The van der Waals surface area contributed by atoms with Crippen LogP contribution in [0.2, 0.25) is 0 Å². The van der Waals surface area contributed by atoms with E-state index in [-0.39, 0.29) is 30.8 Å². The summed E-state index contributed by atoms with van der Waals surface area (Å²) in [7, 11) is -2.01. The van der Waals surface area contributed by atoms with Crippen LogP contribution in [-0.4, -0.2) is 57.1 Å². The molecule has 0 aliphatic carbocycles. The molecule has 0 aliphatic rings. The van der Waals surface area contributed by atoms with Crippen molar-refractivity contribution in [3.05, 3.63) is 59.7 Å². The fraction of sp³-hybridized carbons (Fsp3) is 0.462. The molecule has 9 heteroatoms. The highest BCUT2D eigenvalue weighted by atomic mass is 32.2. The van der Waals surface area contributed by atoms with Crippen LogP contribution in [0.3, 0.4) is 0 Å². The number of aryl methyl sites for hydroxylation is 1. The molecular weight excluding hydrogens is 466 g/mol. The van der Waals surface area contributed by atoms with E-state index in [9.17, 15) is 18.0 Å². The highest BCUT2D eigenvalue weighted by molar-refractivity contribution is 7.92. The van der Waals surface area contributed by atoms with Crippen LogP contribution < -0.4 is 14.4 Å². The highest BCUT2D eigenvalue weighted by Crippen LogP contribution is 2.22. The van der Waals surface area contributed by atoms with E-state index in [4.69, 9.17) is 4.74 Å². The highest BCUT2D eigenvalue weighted by Gasteiger charge is 2.27. The summed E-state index contributed by atoms with van der Waals surface area (Å²) < 4.78 is 31.3. The number of hydrogen-bond donors (Lipinski definition) is 1. The molecule has 192 valence electrons. The lowest BCUT2D eigenvalue weighted by molar-refractivity contribution is -0.140. The molecule has 0 saturated heterocycles. The standard InChI is InChI=1S/C26H37N3O5S/c1-19(2)27-26(31)21(4)28(18-22-10-7-9-20(3)17-22)25(30)11-8-16-29(35(6,32)33)23-12-14-24(34-5)15-13-23/h7,9-10,12-15,17,19,21H,8,11,16,18H2,1-6H3,(H,27,31)/t21-/m1/s1. The maximum absolute atomic E-state index is 13.3. The van der Waals surface area contributed by atoms with Gasteiger partial charge in [0, 0.05) is 25.6 Å². The zero-order valence-corrected chi connectivity index (χ0v) is 22.3. The lowest BCUT2D eigenvalue weighted by Crippen LogP contribution is -2.49. The molecule has 2 amide bonds. The molecule has 0 heterocycles. The second kappa shape index (κ2) is 12.6. The number of nitrogens with one attached hydrogen (secondary N) is 1. The number of amides is 2. The van der Waals surface area contributed by atoms with Gasteiger partial charge in [0.25, 0.3) is 0 Å². The Labute approximate surface area is 209 Å². The lowest BCUT2D eigenvalue weighted by atomic mass is 10.1. The Morgan fingerprint density at radius 2 is 1.71 bits per heavy atom. The summed E-state index contributed by atoms with van der Waals surface area (Å²) in [6.07, 6.45) is 1.55. The fourth-order valence-corrected chi connectivity index (χ4v) is 4.71. The third kappa shape index (κ3) is 8.58. The van der Waals surface area contributed by atoms with Crippen LogP contribution in [0.1, 0.15) is 44.7 Å². The van der Waals surface area contributed by atoms with E-state index < -0.39 is 16.1 Å². The van der Waals surface area contributed by atoms with E-state index in [0.717, 1.165) is 17.4 Å². The molecule has 0 radical (unpaired) electrons. The summed E-state index contributed by atoms with van der Waals surface area (Å²) in [4.78, 5) is 27.5. The molecule has 0 aliphatic heterocycles. The van der Waals surface area contributed by atoms with Gasteiger partial charge in [0.15, 0.2) is 0 Å². The second-order valence-electron chi connectivity index (χ2n) is 8.99. The first-order valence-electron chi connectivity index (χ1n) is 11.7. The monoisotopic (exact) mass is 503 g/mol. The number of hydrogen-bond acceptors (Lipinski definition) is 5. The van der Waals surface area contributed by atoms with Crippen molar-refractivity contribution in [3.8, 4) is 5.75 Å². The van der Waals surface area contributed by atoms with Crippen molar-refractivity contribution in [2.24, 2.45) is 0 Å². The van der Waals surface area contributed by atoms with Crippen LogP contribution in [0.25, 0.3) is 0 Å². The summed E-state index contributed by atoms with van der Waals surface area (Å²) in [5.74, 6) is 0.191. The summed E-state index contributed by atoms with van der Waals surface area (Å²) >= 11 is 0. The van der Waals surface area contributed by atoms with Gasteiger partial charge in [-0.15, -0.1) is 0 Å². The molecule has 0 aromatic heterocycles. The predicted molar refractivity (Wildman–Crippen MR) is 139 cm³/mol. The molecule has 1 N–H and O–H groups in total. The van der Waals surface area contributed by atoms with Gasteiger partial charge in [-0.1, -0.05) is 29.8 Å². The van der Waals surface area contributed by atoms with Crippen molar-refractivity contribution in [1.82, 2.24) is 10.2 Å². The maximum Gasteiger partial charge on any atom is 0.242 e. The number of benzene rings is 2. The minimum atomic E-state index is -3.55. The number of rotatable bonds is 12. The number of nitrogens with zero attached hydrogens (tertiary/aromatic N) is 2. The molecule has 2 aromatic carbocycles. The molecule has 0 fully saturated rings. The summed E-state index contributed by atoms with van der Waals surface area (Å²) in [6, 6.07) is 13.8. The molecule has 35 heavy (non-hydrogen) atoms. The van der Waals surface area contributed by atoms with Crippen molar-refractivity contribution in [3.63, 3.8) is 0 Å². The van der Waals surface area contributed by atoms with Crippen LogP contribution in [0, 0.1) is 6.92 Å². The van der Waals surface area contributed by atoms with Crippen LogP contribution in [-0.2, 0) is 26.2 Å². The summed E-state index contributed by atoms with van der Waals surface area (Å²) in [5.41, 5.74) is 2.50. The lowest BCUT2D eigenvalue weighted by Gasteiger charge is -2.30. The normalized spacial score (nSPS) is 12.2. The average Bonchev–Trinajstić information content (AvgIpc) is 2.78. The second-order valence-corrected chi connectivity index (χ2v) is 10.9. The Morgan fingerprint density at radius 1 is 1.06 bits per heavy atom. The fourth-order valence-electron chi connectivity index (χ4n) is 3.75. The Bertz CT molecular complexity index is 1100. The minimum absolute atomic E-state index is 0.0475.